The summed E-state index contributed by atoms with van der Waals surface area (Å²) in [6.07, 6.45) is 0.143. The lowest BCUT2D eigenvalue weighted by molar-refractivity contribution is -0.120. The van der Waals surface area contributed by atoms with E-state index < -0.39 is 5.60 Å². The molecule has 1 N–H and O–H groups in total. The van der Waals surface area contributed by atoms with Crippen LogP contribution >= 0.6 is 11.3 Å². The zero-order valence-corrected chi connectivity index (χ0v) is 17.2. The third-order valence-electron chi connectivity index (χ3n) is 4.09. The van der Waals surface area contributed by atoms with Gasteiger partial charge >= 0.3 is 6.09 Å². The Morgan fingerprint density at radius 3 is 2.38 bits per heavy atom. The fraction of sp³-hybridized carbons (Fsp3) is 0.722. The van der Waals surface area contributed by atoms with E-state index in [-0.39, 0.29) is 12.0 Å². The normalized spacial score (nSPS) is 15.8. The Bertz CT molecular complexity index is 631. The summed E-state index contributed by atoms with van der Waals surface area (Å²) >= 11 is 1.58. The van der Waals surface area contributed by atoms with Crippen LogP contribution in [-0.4, -0.2) is 71.7 Å². The summed E-state index contributed by atoms with van der Waals surface area (Å²) in [5.41, 5.74) is 0.480. The zero-order valence-electron chi connectivity index (χ0n) is 16.4. The van der Waals surface area contributed by atoms with Gasteiger partial charge in [-0.2, -0.15) is 0 Å². The van der Waals surface area contributed by atoms with E-state index >= 15 is 0 Å². The standard InChI is InChI=1S/C18H30N4O3S/c1-13-15(26-14(2)20-13)12-16(23)19-6-7-21-8-10-22(11-9-21)17(24)25-18(3,4)5/h6-12H2,1-5H3,(H,19,23). The zero-order chi connectivity index (χ0) is 19.3. The SMILES string of the molecule is Cc1nc(C)c(CC(=O)NCCN2CCN(C(=O)OC(C)(C)C)CC2)s1. The van der Waals surface area contributed by atoms with Crippen LogP contribution in [0.3, 0.4) is 0 Å². The molecule has 0 saturated carbocycles. The van der Waals surface area contributed by atoms with Gasteiger partial charge in [0, 0.05) is 44.1 Å². The lowest BCUT2D eigenvalue weighted by Gasteiger charge is -2.35. The van der Waals surface area contributed by atoms with Crippen LogP contribution in [0.2, 0.25) is 0 Å². The smallest absolute Gasteiger partial charge is 0.410 e. The highest BCUT2D eigenvalue weighted by Crippen LogP contribution is 2.17. The summed E-state index contributed by atoms with van der Waals surface area (Å²) in [6.45, 7) is 13.8. The molecule has 1 aliphatic heterocycles. The molecule has 7 nitrogen and oxygen atoms in total. The minimum atomic E-state index is -0.465. The number of aryl methyl sites for hydroxylation is 2. The van der Waals surface area contributed by atoms with E-state index in [4.69, 9.17) is 4.74 Å². The van der Waals surface area contributed by atoms with Crippen molar-refractivity contribution in [3.63, 3.8) is 0 Å². The molecule has 1 saturated heterocycles. The second-order valence-electron chi connectivity index (χ2n) is 7.58. The molecular weight excluding hydrogens is 352 g/mol. The largest absolute Gasteiger partial charge is 0.444 e. The monoisotopic (exact) mass is 382 g/mol. The number of nitrogens with one attached hydrogen (secondary N) is 1. The number of amides is 2. The number of piperazine rings is 1. The maximum absolute atomic E-state index is 12.1. The van der Waals surface area contributed by atoms with Crippen molar-refractivity contribution in [2.75, 3.05) is 39.3 Å². The topological polar surface area (TPSA) is 74.8 Å². The number of carbonyl (C=O) groups excluding carboxylic acids is 2. The van der Waals surface area contributed by atoms with Crippen LogP contribution in [0.4, 0.5) is 4.79 Å². The molecule has 2 heterocycles. The van der Waals surface area contributed by atoms with Crippen molar-refractivity contribution in [2.24, 2.45) is 0 Å². The highest BCUT2D eigenvalue weighted by Gasteiger charge is 2.25. The van der Waals surface area contributed by atoms with Gasteiger partial charge in [0.25, 0.3) is 0 Å². The summed E-state index contributed by atoms with van der Waals surface area (Å²) in [7, 11) is 0. The summed E-state index contributed by atoms with van der Waals surface area (Å²) < 4.78 is 5.40. The number of nitrogens with zero attached hydrogens (tertiary/aromatic N) is 3. The van der Waals surface area contributed by atoms with Crippen LogP contribution in [0.1, 0.15) is 36.3 Å². The Kier molecular flexibility index (Phi) is 7.00. The molecule has 0 spiro atoms. The van der Waals surface area contributed by atoms with Crippen molar-refractivity contribution in [3.8, 4) is 0 Å². The summed E-state index contributed by atoms with van der Waals surface area (Å²) in [4.78, 5) is 33.5. The molecule has 0 aromatic carbocycles. The molecule has 0 aliphatic carbocycles. The maximum atomic E-state index is 12.1. The predicted molar refractivity (Wildman–Crippen MR) is 103 cm³/mol. The minimum Gasteiger partial charge on any atom is -0.444 e. The third-order valence-corrected chi connectivity index (χ3v) is 5.17. The van der Waals surface area contributed by atoms with E-state index in [1.165, 1.54) is 0 Å². The second-order valence-corrected chi connectivity index (χ2v) is 8.86. The summed E-state index contributed by atoms with van der Waals surface area (Å²) in [5.74, 6) is 0.0316. The fourth-order valence-electron chi connectivity index (χ4n) is 2.78. The van der Waals surface area contributed by atoms with Crippen molar-refractivity contribution >= 4 is 23.3 Å². The van der Waals surface area contributed by atoms with E-state index in [2.05, 4.69) is 15.2 Å². The van der Waals surface area contributed by atoms with Gasteiger partial charge in [0.05, 0.1) is 17.1 Å². The van der Waals surface area contributed by atoms with E-state index in [9.17, 15) is 9.59 Å². The first-order chi connectivity index (χ1) is 12.1. The molecule has 1 aromatic rings. The highest BCUT2D eigenvalue weighted by atomic mass is 32.1. The van der Waals surface area contributed by atoms with Gasteiger partial charge in [-0.3, -0.25) is 9.69 Å². The Balaban J connectivity index is 1.65. The molecule has 2 amide bonds. The fourth-order valence-corrected chi connectivity index (χ4v) is 3.72. The van der Waals surface area contributed by atoms with Gasteiger partial charge in [0.1, 0.15) is 5.60 Å². The molecule has 1 fully saturated rings. The molecule has 0 bridgehead atoms. The van der Waals surface area contributed by atoms with Gasteiger partial charge in [-0.25, -0.2) is 9.78 Å². The number of aromatic nitrogens is 1. The van der Waals surface area contributed by atoms with Gasteiger partial charge in [-0.05, 0) is 34.6 Å². The van der Waals surface area contributed by atoms with Crippen LogP contribution in [0.15, 0.2) is 0 Å². The first kappa shape index (κ1) is 20.6. The first-order valence-corrected chi connectivity index (χ1v) is 9.85. The van der Waals surface area contributed by atoms with Crippen LogP contribution in [-0.2, 0) is 16.0 Å². The lowest BCUT2D eigenvalue weighted by Crippen LogP contribution is -2.51. The van der Waals surface area contributed by atoms with Crippen molar-refractivity contribution in [3.05, 3.63) is 15.6 Å². The molecule has 1 aromatic heterocycles. The number of rotatable bonds is 5. The number of ether oxygens (including phenoxy) is 1. The highest BCUT2D eigenvalue weighted by molar-refractivity contribution is 7.11. The lowest BCUT2D eigenvalue weighted by atomic mass is 10.2. The molecule has 8 heteroatoms. The molecule has 1 aliphatic rings. The Morgan fingerprint density at radius 1 is 1.19 bits per heavy atom. The minimum absolute atomic E-state index is 0.0316. The van der Waals surface area contributed by atoms with Gasteiger partial charge in [0.15, 0.2) is 0 Å². The second kappa shape index (κ2) is 8.81. The number of thiazole rings is 1. The first-order valence-electron chi connectivity index (χ1n) is 9.04. The summed E-state index contributed by atoms with van der Waals surface area (Å²) in [5, 5.41) is 3.97. The Labute approximate surface area is 159 Å². The van der Waals surface area contributed by atoms with Crippen LogP contribution < -0.4 is 5.32 Å². The Morgan fingerprint density at radius 2 is 1.85 bits per heavy atom. The predicted octanol–water partition coefficient (Wildman–Crippen LogP) is 1.97. The van der Waals surface area contributed by atoms with Crippen LogP contribution in [0.25, 0.3) is 0 Å². The molecule has 0 atom stereocenters. The van der Waals surface area contributed by atoms with Crippen LogP contribution in [0.5, 0.6) is 0 Å². The van der Waals surface area contributed by atoms with Crippen molar-refractivity contribution in [1.82, 2.24) is 20.1 Å². The van der Waals surface area contributed by atoms with E-state index in [0.717, 1.165) is 35.2 Å². The Hall–Kier alpha value is -1.67. The van der Waals surface area contributed by atoms with Crippen LogP contribution in [0, 0.1) is 13.8 Å². The quantitative estimate of drug-likeness (QED) is 0.843. The van der Waals surface area contributed by atoms with Gasteiger partial charge in [-0.15, -0.1) is 11.3 Å². The molecule has 0 unspecified atom stereocenters. The molecule has 26 heavy (non-hydrogen) atoms. The molecule has 2 rings (SSSR count). The van der Waals surface area contributed by atoms with Crippen molar-refractivity contribution in [2.45, 2.75) is 46.6 Å². The number of hydrogen-bond acceptors (Lipinski definition) is 6. The average Bonchev–Trinajstić information content (AvgIpc) is 2.83. The summed E-state index contributed by atoms with van der Waals surface area (Å²) in [6, 6.07) is 0. The van der Waals surface area contributed by atoms with Crippen molar-refractivity contribution < 1.29 is 14.3 Å². The third kappa shape index (κ3) is 6.57. The molecule has 0 radical (unpaired) electrons. The number of carbonyl (C=O) groups is 2. The molecule has 146 valence electrons. The number of hydrogen-bond donors (Lipinski definition) is 1. The van der Waals surface area contributed by atoms with Gasteiger partial charge < -0.3 is 15.0 Å². The van der Waals surface area contributed by atoms with E-state index in [1.807, 2.05) is 34.6 Å². The average molecular weight is 383 g/mol. The van der Waals surface area contributed by atoms with E-state index in [1.54, 1.807) is 16.2 Å². The van der Waals surface area contributed by atoms with E-state index in [0.29, 0.717) is 26.1 Å². The molecular formula is C18H30N4O3S. The van der Waals surface area contributed by atoms with Gasteiger partial charge in [0.2, 0.25) is 5.91 Å². The van der Waals surface area contributed by atoms with Gasteiger partial charge in [-0.1, -0.05) is 0 Å². The maximum Gasteiger partial charge on any atom is 0.410 e. The van der Waals surface area contributed by atoms with Crippen molar-refractivity contribution in [1.29, 1.82) is 0 Å².